The lowest BCUT2D eigenvalue weighted by molar-refractivity contribution is -0.201. The molecule has 1 rings (SSSR count). The van der Waals surface area contributed by atoms with Crippen molar-refractivity contribution in [1.29, 1.82) is 0 Å². The molecule has 178 valence electrons. The molecule has 1 unspecified atom stereocenters. The van der Waals surface area contributed by atoms with Gasteiger partial charge in [0.15, 0.2) is 5.60 Å². The van der Waals surface area contributed by atoms with Crippen molar-refractivity contribution in [2.24, 2.45) is 0 Å². The molecule has 0 aromatic heterocycles. The monoisotopic (exact) mass is 427 g/mol. The van der Waals surface area contributed by atoms with Gasteiger partial charge in [-0.1, -0.05) is 58.8 Å². The summed E-state index contributed by atoms with van der Waals surface area (Å²) >= 11 is 0. The van der Waals surface area contributed by atoms with Crippen LogP contribution in [0.25, 0.3) is 0 Å². The third kappa shape index (κ3) is 7.80. The van der Waals surface area contributed by atoms with Crippen LogP contribution < -0.4 is 0 Å². The molecule has 0 amide bonds. The van der Waals surface area contributed by atoms with Crippen LogP contribution in [0.5, 0.6) is 0 Å². The highest BCUT2D eigenvalue weighted by Crippen LogP contribution is 2.46. The lowest BCUT2D eigenvalue weighted by Gasteiger charge is -2.58. The Morgan fingerprint density at radius 1 is 0.933 bits per heavy atom. The molecule has 1 aliphatic heterocycles. The van der Waals surface area contributed by atoms with E-state index in [-0.39, 0.29) is 23.2 Å². The first kappa shape index (κ1) is 27.4. The number of ether oxygens (including phenoxy) is 2. The molecule has 0 aliphatic carbocycles. The lowest BCUT2D eigenvalue weighted by Crippen LogP contribution is -2.69. The van der Waals surface area contributed by atoms with Gasteiger partial charge in [-0.2, -0.15) is 0 Å². The SMILES string of the molecule is CCCCCCCCOC1(C(=O)OC)CC(C)(C)N(CC(O)CCCC)C(C)(C)C1. The predicted molar refractivity (Wildman–Crippen MR) is 124 cm³/mol. The number of piperidine rings is 1. The molecule has 1 fully saturated rings. The van der Waals surface area contributed by atoms with E-state index in [0.717, 1.165) is 32.1 Å². The number of hydrogen-bond donors (Lipinski definition) is 1. The Hall–Kier alpha value is -0.650. The molecule has 5 nitrogen and oxygen atoms in total. The number of carbonyl (C=O) groups excluding carboxylic acids is 1. The Bertz CT molecular complexity index is 485. The Kier molecular flexibility index (Phi) is 11.3. The largest absolute Gasteiger partial charge is 0.467 e. The summed E-state index contributed by atoms with van der Waals surface area (Å²) in [6.07, 6.45) is 10.9. The number of aliphatic hydroxyl groups is 1. The second kappa shape index (κ2) is 12.4. The highest BCUT2D eigenvalue weighted by molar-refractivity contribution is 5.80. The van der Waals surface area contributed by atoms with Crippen molar-refractivity contribution in [3.63, 3.8) is 0 Å². The molecule has 5 heteroatoms. The van der Waals surface area contributed by atoms with Gasteiger partial charge in [-0.15, -0.1) is 0 Å². The summed E-state index contributed by atoms with van der Waals surface area (Å²) in [5.74, 6) is -0.263. The fourth-order valence-corrected chi connectivity index (χ4v) is 5.35. The number of hydrogen-bond acceptors (Lipinski definition) is 5. The molecule has 1 atom stereocenters. The van der Waals surface area contributed by atoms with Crippen LogP contribution in [-0.4, -0.2) is 59.0 Å². The summed E-state index contributed by atoms with van der Waals surface area (Å²) in [5, 5.41) is 10.6. The quantitative estimate of drug-likeness (QED) is 0.294. The van der Waals surface area contributed by atoms with Crippen LogP contribution in [0.2, 0.25) is 0 Å². The van der Waals surface area contributed by atoms with Crippen LogP contribution in [0.1, 0.15) is 112 Å². The van der Waals surface area contributed by atoms with Crippen molar-refractivity contribution < 1.29 is 19.4 Å². The van der Waals surface area contributed by atoms with E-state index in [1.165, 1.54) is 32.8 Å². The summed E-state index contributed by atoms with van der Waals surface area (Å²) in [6.45, 7) is 14.2. The summed E-state index contributed by atoms with van der Waals surface area (Å²) < 4.78 is 11.6. The number of aliphatic hydroxyl groups excluding tert-OH is 1. The van der Waals surface area contributed by atoms with Crippen molar-refractivity contribution in [3.05, 3.63) is 0 Å². The maximum absolute atomic E-state index is 12.9. The fourth-order valence-electron chi connectivity index (χ4n) is 5.35. The molecule has 0 spiro atoms. The summed E-state index contributed by atoms with van der Waals surface area (Å²) in [4.78, 5) is 15.3. The van der Waals surface area contributed by atoms with Crippen molar-refractivity contribution in [1.82, 2.24) is 4.90 Å². The van der Waals surface area contributed by atoms with E-state index in [9.17, 15) is 9.90 Å². The molecule has 0 saturated carbocycles. The maximum atomic E-state index is 12.9. The summed E-state index contributed by atoms with van der Waals surface area (Å²) in [5.41, 5.74) is -1.50. The average Bonchev–Trinajstić information content (AvgIpc) is 2.67. The summed E-state index contributed by atoms with van der Waals surface area (Å²) in [7, 11) is 1.46. The van der Waals surface area contributed by atoms with Gasteiger partial charge in [-0.05, 0) is 40.5 Å². The van der Waals surface area contributed by atoms with Crippen LogP contribution in [0.4, 0.5) is 0 Å². The third-order valence-electron chi connectivity index (χ3n) is 6.62. The predicted octanol–water partition coefficient (Wildman–Crippen LogP) is 5.48. The Morgan fingerprint density at radius 2 is 1.47 bits per heavy atom. The van der Waals surface area contributed by atoms with Crippen molar-refractivity contribution >= 4 is 5.97 Å². The van der Waals surface area contributed by atoms with Gasteiger partial charge in [0.25, 0.3) is 0 Å². The molecule has 0 radical (unpaired) electrons. The zero-order valence-corrected chi connectivity index (χ0v) is 20.9. The van der Waals surface area contributed by atoms with Crippen molar-refractivity contribution in [3.8, 4) is 0 Å². The number of rotatable bonds is 14. The van der Waals surface area contributed by atoms with Crippen molar-refractivity contribution in [2.45, 2.75) is 135 Å². The van der Waals surface area contributed by atoms with Crippen LogP contribution >= 0.6 is 0 Å². The fraction of sp³-hybridized carbons (Fsp3) is 0.960. The minimum atomic E-state index is -0.921. The number of likely N-dealkylation sites (tertiary alicyclic amines) is 1. The number of methoxy groups -OCH3 is 1. The van der Waals surface area contributed by atoms with Gasteiger partial charge >= 0.3 is 5.97 Å². The van der Waals surface area contributed by atoms with E-state index in [0.29, 0.717) is 26.0 Å². The molecule has 30 heavy (non-hydrogen) atoms. The Labute approximate surface area is 185 Å². The molecule has 1 aliphatic rings. The van der Waals surface area contributed by atoms with E-state index < -0.39 is 5.60 Å². The van der Waals surface area contributed by atoms with E-state index >= 15 is 0 Å². The van der Waals surface area contributed by atoms with Crippen LogP contribution in [0.15, 0.2) is 0 Å². The lowest BCUT2D eigenvalue weighted by atomic mass is 9.70. The summed E-state index contributed by atoms with van der Waals surface area (Å²) in [6, 6.07) is 0. The number of carbonyl (C=O) groups is 1. The van der Waals surface area contributed by atoms with E-state index in [1.54, 1.807) is 0 Å². The van der Waals surface area contributed by atoms with Crippen LogP contribution in [-0.2, 0) is 14.3 Å². The molecular weight excluding hydrogens is 378 g/mol. The third-order valence-corrected chi connectivity index (χ3v) is 6.62. The number of nitrogens with zero attached hydrogens (tertiary/aromatic N) is 1. The number of esters is 1. The first-order chi connectivity index (χ1) is 14.0. The second-order valence-electron chi connectivity index (χ2n) is 10.5. The Morgan fingerprint density at radius 3 is 2.00 bits per heavy atom. The zero-order chi connectivity index (χ0) is 22.8. The smallest absolute Gasteiger partial charge is 0.338 e. The highest BCUT2D eigenvalue weighted by atomic mass is 16.6. The minimum Gasteiger partial charge on any atom is -0.467 e. The van der Waals surface area contributed by atoms with Gasteiger partial charge in [-0.3, -0.25) is 4.90 Å². The molecular formula is C25H49NO4. The van der Waals surface area contributed by atoms with Gasteiger partial charge in [0, 0.05) is 37.1 Å². The average molecular weight is 428 g/mol. The molecule has 0 aromatic carbocycles. The first-order valence-corrected chi connectivity index (χ1v) is 12.2. The van der Waals surface area contributed by atoms with Gasteiger partial charge in [0.1, 0.15) is 0 Å². The molecule has 1 heterocycles. The highest BCUT2D eigenvalue weighted by Gasteiger charge is 2.57. The molecule has 0 bridgehead atoms. The molecule has 1 N–H and O–H groups in total. The van der Waals surface area contributed by atoms with Crippen molar-refractivity contribution in [2.75, 3.05) is 20.3 Å². The first-order valence-electron chi connectivity index (χ1n) is 12.2. The topological polar surface area (TPSA) is 59.0 Å². The number of β-amino-alcohol motifs (C(OH)–C–C–N with tert-alkyl or cyclic N) is 1. The van der Waals surface area contributed by atoms with Gasteiger partial charge in [-0.25, -0.2) is 4.79 Å². The molecule has 0 aromatic rings. The van der Waals surface area contributed by atoms with Gasteiger partial charge in [0.05, 0.1) is 13.2 Å². The van der Waals surface area contributed by atoms with E-state index in [4.69, 9.17) is 9.47 Å². The van der Waals surface area contributed by atoms with Gasteiger partial charge < -0.3 is 14.6 Å². The van der Waals surface area contributed by atoms with Crippen LogP contribution in [0.3, 0.4) is 0 Å². The number of unbranched alkanes of at least 4 members (excludes halogenated alkanes) is 6. The normalized spacial score (nSPS) is 21.3. The van der Waals surface area contributed by atoms with E-state index in [2.05, 4.69) is 46.4 Å². The minimum absolute atomic E-state index is 0.263. The maximum Gasteiger partial charge on any atom is 0.338 e. The second-order valence-corrected chi connectivity index (χ2v) is 10.5. The van der Waals surface area contributed by atoms with Gasteiger partial charge in [0.2, 0.25) is 0 Å². The molecule has 1 saturated heterocycles. The van der Waals surface area contributed by atoms with Crippen LogP contribution in [0, 0.1) is 0 Å². The Balaban J connectivity index is 2.86. The van der Waals surface area contributed by atoms with E-state index in [1.807, 2.05) is 0 Å². The standard InChI is InChI=1S/C25H49NO4/c1-8-10-12-13-14-15-17-30-25(22(28)29-7)19-23(3,4)26(24(5,6)20-25)18-21(27)16-11-9-2/h21,27H,8-20H2,1-7H3. The zero-order valence-electron chi connectivity index (χ0n) is 20.9.